The van der Waals surface area contributed by atoms with E-state index in [-0.39, 0.29) is 17.7 Å². The second-order valence-electron chi connectivity index (χ2n) is 7.60. The van der Waals surface area contributed by atoms with Crippen LogP contribution in [0.25, 0.3) is 4.96 Å². The third kappa shape index (κ3) is 3.86. The molecule has 1 saturated heterocycles. The van der Waals surface area contributed by atoms with Crippen molar-refractivity contribution in [3.63, 3.8) is 0 Å². The number of nitrogens with zero attached hydrogens (tertiary/aromatic N) is 5. The average Bonchev–Trinajstić information content (AvgIpc) is 3.28. The fourth-order valence-corrected chi connectivity index (χ4v) is 5.38. The van der Waals surface area contributed by atoms with E-state index in [1.54, 1.807) is 0 Å². The number of aromatic nitrogens is 3. The SMILES string of the molecule is Cc1nc2sc([C@@H](c3ccc(Cl)cc3)N3CCN(c4ccc(F)cc4)CC3)c(O)n2n1. The van der Waals surface area contributed by atoms with E-state index in [9.17, 15) is 9.50 Å². The molecule has 0 radical (unpaired) electrons. The largest absolute Gasteiger partial charge is 0.492 e. The maximum Gasteiger partial charge on any atom is 0.230 e. The summed E-state index contributed by atoms with van der Waals surface area (Å²) in [5.74, 6) is 0.526. The molecule has 31 heavy (non-hydrogen) atoms. The molecule has 2 aromatic heterocycles. The quantitative estimate of drug-likeness (QED) is 0.488. The smallest absolute Gasteiger partial charge is 0.230 e. The number of rotatable bonds is 4. The Morgan fingerprint density at radius 1 is 1.03 bits per heavy atom. The summed E-state index contributed by atoms with van der Waals surface area (Å²) >= 11 is 7.58. The van der Waals surface area contributed by atoms with Crippen LogP contribution in [0.15, 0.2) is 48.5 Å². The number of fused-ring (bicyclic) bond motifs is 1. The van der Waals surface area contributed by atoms with Gasteiger partial charge < -0.3 is 10.0 Å². The Hall–Kier alpha value is -2.68. The van der Waals surface area contributed by atoms with Gasteiger partial charge in [-0.25, -0.2) is 9.37 Å². The number of hydrogen-bond acceptors (Lipinski definition) is 6. The molecule has 2 aromatic carbocycles. The molecular formula is C22H21ClFN5OS. The minimum atomic E-state index is -0.229. The van der Waals surface area contributed by atoms with Crippen molar-refractivity contribution >= 4 is 33.6 Å². The second-order valence-corrected chi connectivity index (χ2v) is 9.04. The number of benzene rings is 2. The maximum atomic E-state index is 13.3. The number of anilines is 1. The molecule has 1 N–H and O–H groups in total. The predicted molar refractivity (Wildman–Crippen MR) is 121 cm³/mol. The first-order valence-corrected chi connectivity index (χ1v) is 11.2. The lowest BCUT2D eigenvalue weighted by Crippen LogP contribution is -2.47. The van der Waals surface area contributed by atoms with E-state index in [2.05, 4.69) is 19.9 Å². The summed E-state index contributed by atoms with van der Waals surface area (Å²) in [6.07, 6.45) is 0. The van der Waals surface area contributed by atoms with Gasteiger partial charge in [-0.15, -0.1) is 5.10 Å². The molecule has 9 heteroatoms. The van der Waals surface area contributed by atoms with Crippen LogP contribution >= 0.6 is 22.9 Å². The zero-order valence-corrected chi connectivity index (χ0v) is 18.4. The number of halogens is 2. The monoisotopic (exact) mass is 457 g/mol. The van der Waals surface area contributed by atoms with Crippen LogP contribution in [0.4, 0.5) is 10.1 Å². The molecule has 0 amide bonds. The molecule has 0 aliphatic carbocycles. The van der Waals surface area contributed by atoms with E-state index in [0.29, 0.717) is 15.8 Å². The minimum Gasteiger partial charge on any atom is -0.492 e. The topological polar surface area (TPSA) is 56.9 Å². The molecule has 4 aromatic rings. The molecule has 0 spiro atoms. The lowest BCUT2D eigenvalue weighted by Gasteiger charge is -2.40. The number of aryl methyl sites for hydroxylation is 1. The van der Waals surface area contributed by atoms with Gasteiger partial charge in [0, 0.05) is 36.9 Å². The standard InChI is InChI=1S/C22H21ClFN5OS/c1-14-25-22-29(26-14)21(30)20(31-22)19(15-2-4-16(23)5-3-15)28-12-10-27(11-13-28)18-8-6-17(24)7-9-18/h2-9,19,30H,10-13H2,1H3/t19-/m1/s1. The average molecular weight is 458 g/mol. The van der Waals surface area contributed by atoms with Gasteiger partial charge in [-0.2, -0.15) is 4.52 Å². The number of piperazine rings is 1. The van der Waals surface area contributed by atoms with Crippen LogP contribution in [-0.2, 0) is 0 Å². The molecule has 1 fully saturated rings. The van der Waals surface area contributed by atoms with Crippen molar-refractivity contribution < 1.29 is 9.50 Å². The summed E-state index contributed by atoms with van der Waals surface area (Å²) in [4.78, 5) is 10.5. The van der Waals surface area contributed by atoms with Crippen molar-refractivity contribution in [3.8, 4) is 5.88 Å². The molecule has 1 atom stereocenters. The Morgan fingerprint density at radius 2 is 1.71 bits per heavy atom. The third-order valence-electron chi connectivity index (χ3n) is 5.61. The molecular weight excluding hydrogens is 437 g/mol. The number of aromatic hydroxyl groups is 1. The van der Waals surface area contributed by atoms with Gasteiger partial charge in [-0.1, -0.05) is 35.1 Å². The van der Waals surface area contributed by atoms with Gasteiger partial charge in [-0.05, 0) is 48.9 Å². The Kier molecular flexibility index (Phi) is 5.29. The van der Waals surface area contributed by atoms with Crippen molar-refractivity contribution in [3.05, 3.63) is 75.6 Å². The fourth-order valence-electron chi connectivity index (χ4n) is 4.09. The zero-order valence-electron chi connectivity index (χ0n) is 16.9. The van der Waals surface area contributed by atoms with Crippen LogP contribution in [0.2, 0.25) is 5.02 Å². The van der Waals surface area contributed by atoms with Crippen LogP contribution in [0.3, 0.4) is 0 Å². The van der Waals surface area contributed by atoms with Crippen molar-refractivity contribution in [2.24, 2.45) is 0 Å². The first-order valence-electron chi connectivity index (χ1n) is 10.0. The van der Waals surface area contributed by atoms with Gasteiger partial charge in [-0.3, -0.25) is 4.90 Å². The minimum absolute atomic E-state index is 0.126. The molecule has 1 aliphatic heterocycles. The highest BCUT2D eigenvalue weighted by Gasteiger charge is 2.31. The Balaban J connectivity index is 1.46. The lowest BCUT2D eigenvalue weighted by molar-refractivity contribution is 0.211. The molecule has 3 heterocycles. The Bertz CT molecular complexity index is 1200. The first kappa shape index (κ1) is 20.2. The van der Waals surface area contributed by atoms with E-state index in [4.69, 9.17) is 11.6 Å². The number of thiazole rings is 1. The van der Waals surface area contributed by atoms with Crippen LogP contribution in [0.5, 0.6) is 5.88 Å². The Morgan fingerprint density at radius 3 is 2.35 bits per heavy atom. The summed E-state index contributed by atoms with van der Waals surface area (Å²) in [5.41, 5.74) is 2.07. The molecule has 0 bridgehead atoms. The van der Waals surface area contributed by atoms with Crippen LogP contribution < -0.4 is 4.90 Å². The van der Waals surface area contributed by atoms with Crippen LogP contribution in [0.1, 0.15) is 22.3 Å². The van der Waals surface area contributed by atoms with E-state index in [0.717, 1.165) is 42.3 Å². The molecule has 160 valence electrons. The number of hydrogen-bond donors (Lipinski definition) is 1. The predicted octanol–water partition coefficient (Wildman–Crippen LogP) is 4.51. The summed E-state index contributed by atoms with van der Waals surface area (Å²) in [6.45, 7) is 4.99. The van der Waals surface area contributed by atoms with Crippen molar-refractivity contribution in [1.29, 1.82) is 0 Å². The summed E-state index contributed by atoms with van der Waals surface area (Å²) in [6, 6.07) is 14.2. The van der Waals surface area contributed by atoms with Crippen molar-refractivity contribution in [1.82, 2.24) is 19.5 Å². The van der Waals surface area contributed by atoms with Gasteiger partial charge in [0.05, 0.1) is 10.9 Å². The van der Waals surface area contributed by atoms with Gasteiger partial charge in [0.2, 0.25) is 10.8 Å². The van der Waals surface area contributed by atoms with Crippen LogP contribution in [0, 0.1) is 12.7 Å². The zero-order chi connectivity index (χ0) is 21.5. The highest BCUT2D eigenvalue weighted by molar-refractivity contribution is 7.17. The Labute approximate surface area is 188 Å². The molecule has 6 nitrogen and oxygen atoms in total. The van der Waals surface area contributed by atoms with Gasteiger partial charge >= 0.3 is 0 Å². The van der Waals surface area contributed by atoms with Crippen molar-refractivity contribution in [2.45, 2.75) is 13.0 Å². The lowest BCUT2D eigenvalue weighted by atomic mass is 10.0. The van der Waals surface area contributed by atoms with Gasteiger partial charge in [0.25, 0.3) is 0 Å². The molecule has 1 aliphatic rings. The van der Waals surface area contributed by atoms with Gasteiger partial charge in [0.15, 0.2) is 0 Å². The second kappa shape index (κ2) is 8.11. The fraction of sp³-hybridized carbons (Fsp3) is 0.273. The highest BCUT2D eigenvalue weighted by Crippen LogP contribution is 2.40. The summed E-state index contributed by atoms with van der Waals surface area (Å²) in [5, 5.41) is 15.9. The highest BCUT2D eigenvalue weighted by atomic mass is 35.5. The van der Waals surface area contributed by atoms with E-state index in [1.807, 2.05) is 43.3 Å². The van der Waals surface area contributed by atoms with Crippen LogP contribution in [-0.4, -0.2) is 50.8 Å². The van der Waals surface area contributed by atoms with Gasteiger partial charge in [0.1, 0.15) is 11.6 Å². The van der Waals surface area contributed by atoms with Crippen molar-refractivity contribution in [2.75, 3.05) is 31.1 Å². The summed E-state index contributed by atoms with van der Waals surface area (Å²) < 4.78 is 14.8. The van der Waals surface area contributed by atoms with E-state index >= 15 is 0 Å². The molecule has 0 saturated carbocycles. The molecule has 0 unspecified atom stereocenters. The summed E-state index contributed by atoms with van der Waals surface area (Å²) in [7, 11) is 0. The normalized spacial score (nSPS) is 16.2. The third-order valence-corrected chi connectivity index (χ3v) is 6.94. The first-order chi connectivity index (χ1) is 15.0. The maximum absolute atomic E-state index is 13.3. The molecule has 5 rings (SSSR count). The van der Waals surface area contributed by atoms with E-state index in [1.165, 1.54) is 28.0 Å². The van der Waals surface area contributed by atoms with E-state index < -0.39 is 0 Å².